The van der Waals surface area contributed by atoms with Crippen LogP contribution in [0.4, 0.5) is 5.69 Å². The average Bonchev–Trinajstić information content (AvgIpc) is 3.60. The predicted molar refractivity (Wildman–Crippen MR) is 141 cm³/mol. The van der Waals surface area contributed by atoms with Crippen molar-refractivity contribution in [2.24, 2.45) is 5.92 Å². The molecule has 4 aliphatic rings. The molecule has 12 nitrogen and oxygen atoms in total. The summed E-state index contributed by atoms with van der Waals surface area (Å²) in [6.45, 7) is -0.157. The van der Waals surface area contributed by atoms with Gasteiger partial charge in [0.2, 0.25) is 11.8 Å². The van der Waals surface area contributed by atoms with Crippen LogP contribution in [0.25, 0.3) is 0 Å². The van der Waals surface area contributed by atoms with E-state index in [0.29, 0.717) is 16.5 Å². The summed E-state index contributed by atoms with van der Waals surface area (Å²) in [4.78, 5) is 63.6. The minimum absolute atomic E-state index is 0.0108. The molecular formula is C26H30N6O6S. The third-order valence-corrected chi connectivity index (χ3v) is 8.16. The second kappa shape index (κ2) is 11.1. The second-order valence-electron chi connectivity index (χ2n) is 10.4. The van der Waals surface area contributed by atoms with Gasteiger partial charge in [-0.3, -0.25) is 19.2 Å². The summed E-state index contributed by atoms with van der Waals surface area (Å²) in [5.41, 5.74) is -0.0108. The maximum absolute atomic E-state index is 13.3. The molecule has 2 aromatic heterocycles. The van der Waals surface area contributed by atoms with Gasteiger partial charge in [0.25, 0.3) is 11.5 Å². The Morgan fingerprint density at radius 1 is 1.26 bits per heavy atom. The zero-order valence-corrected chi connectivity index (χ0v) is 22.3. The zero-order chi connectivity index (χ0) is 27.6. The van der Waals surface area contributed by atoms with E-state index >= 15 is 0 Å². The SMILES string of the molecule is COC(=O)/C=C/CC[C@H](NC(=O)c1snnc1C1CC1)C(=O)Nc1cccn(CC(=O)NC23CC(C2)C3)c1=O. The number of nitrogens with one attached hydrogen (secondary N) is 3. The van der Waals surface area contributed by atoms with Gasteiger partial charge in [-0.15, -0.1) is 5.10 Å². The molecule has 2 heterocycles. The number of amides is 3. The van der Waals surface area contributed by atoms with Crippen molar-refractivity contribution >= 4 is 40.9 Å². The molecule has 0 spiro atoms. The molecule has 3 N–H and O–H groups in total. The van der Waals surface area contributed by atoms with Crippen LogP contribution in [0, 0.1) is 5.92 Å². The number of hydrogen-bond donors (Lipinski definition) is 3. The largest absolute Gasteiger partial charge is 0.466 e. The molecule has 4 fully saturated rings. The highest BCUT2D eigenvalue weighted by Crippen LogP contribution is 2.56. The predicted octanol–water partition coefficient (Wildman–Crippen LogP) is 1.49. The number of pyridine rings is 1. The van der Waals surface area contributed by atoms with Gasteiger partial charge < -0.3 is 25.3 Å². The fourth-order valence-corrected chi connectivity index (χ4v) is 5.73. The van der Waals surface area contributed by atoms with E-state index in [1.54, 1.807) is 12.1 Å². The molecule has 0 saturated heterocycles. The highest BCUT2D eigenvalue weighted by molar-refractivity contribution is 7.08. The standard InChI is InChI=1S/C26H30N6O6S/c1-38-20(34)7-3-2-5-17(27-24(36)22-21(16-8-9-16)30-31-39-22)23(35)28-18-6-4-10-32(25(18)37)14-19(33)29-26-11-15(12-26)13-26/h3-4,6-7,10,15-17H,2,5,8-9,11-14H2,1H3,(H,27,36)(H,28,35)(H,29,33)/b7-3+/t15?,17-,26?/m0/s1. The van der Waals surface area contributed by atoms with Crippen LogP contribution in [0.1, 0.15) is 66.2 Å². The number of rotatable bonds is 12. The third-order valence-electron chi connectivity index (χ3n) is 7.42. The molecule has 2 aromatic rings. The smallest absolute Gasteiger partial charge is 0.330 e. The van der Waals surface area contributed by atoms with Crippen molar-refractivity contribution in [2.75, 3.05) is 12.4 Å². The maximum Gasteiger partial charge on any atom is 0.330 e. The summed E-state index contributed by atoms with van der Waals surface area (Å²) in [5.74, 6) is -0.940. The Bertz CT molecular complexity index is 1360. The summed E-state index contributed by atoms with van der Waals surface area (Å²) in [7, 11) is 1.26. The fourth-order valence-electron chi connectivity index (χ4n) is 5.08. The van der Waals surface area contributed by atoms with Crippen LogP contribution in [-0.2, 0) is 25.7 Å². The summed E-state index contributed by atoms with van der Waals surface area (Å²) in [5, 5.41) is 12.4. The first-order chi connectivity index (χ1) is 18.8. The molecule has 13 heteroatoms. The van der Waals surface area contributed by atoms with Gasteiger partial charge >= 0.3 is 5.97 Å². The number of methoxy groups -OCH3 is 1. The number of carbonyl (C=O) groups excluding carboxylic acids is 4. The van der Waals surface area contributed by atoms with Crippen molar-refractivity contribution in [1.29, 1.82) is 0 Å². The number of anilines is 1. The molecule has 0 radical (unpaired) electrons. The number of carbonyl (C=O) groups is 4. The van der Waals surface area contributed by atoms with E-state index in [2.05, 4.69) is 30.3 Å². The van der Waals surface area contributed by atoms with Gasteiger partial charge in [-0.05, 0) is 74.5 Å². The van der Waals surface area contributed by atoms with Gasteiger partial charge in [0.1, 0.15) is 23.2 Å². The quantitative estimate of drug-likeness (QED) is 0.263. The van der Waals surface area contributed by atoms with Gasteiger partial charge in [0.15, 0.2) is 0 Å². The van der Waals surface area contributed by atoms with Crippen molar-refractivity contribution in [3.8, 4) is 0 Å². The molecule has 1 atom stereocenters. The number of ether oxygens (including phenoxy) is 1. The van der Waals surface area contributed by atoms with E-state index in [1.165, 1.54) is 30.0 Å². The zero-order valence-electron chi connectivity index (χ0n) is 21.5. The second-order valence-corrected chi connectivity index (χ2v) is 11.2. The van der Waals surface area contributed by atoms with Crippen LogP contribution in [0.15, 0.2) is 35.3 Å². The van der Waals surface area contributed by atoms with Gasteiger partial charge in [-0.25, -0.2) is 4.79 Å². The lowest BCUT2D eigenvalue weighted by molar-refractivity contribution is -0.135. The molecule has 0 unspecified atom stereocenters. The molecule has 4 saturated carbocycles. The van der Waals surface area contributed by atoms with Gasteiger partial charge in [-0.1, -0.05) is 10.6 Å². The molecule has 6 rings (SSSR count). The Hall–Kier alpha value is -3.87. The Kier molecular flexibility index (Phi) is 7.60. The van der Waals surface area contributed by atoms with Crippen LogP contribution < -0.4 is 21.5 Å². The summed E-state index contributed by atoms with van der Waals surface area (Å²) < 4.78 is 9.72. The lowest BCUT2D eigenvalue weighted by Crippen LogP contribution is -2.68. The minimum Gasteiger partial charge on any atom is -0.466 e. The highest BCUT2D eigenvalue weighted by atomic mass is 32.1. The summed E-state index contributed by atoms with van der Waals surface area (Å²) >= 11 is 0.970. The monoisotopic (exact) mass is 554 g/mol. The first-order valence-corrected chi connectivity index (χ1v) is 13.7. The van der Waals surface area contributed by atoms with Crippen molar-refractivity contribution in [2.45, 2.75) is 69.0 Å². The molecular weight excluding hydrogens is 524 g/mol. The van der Waals surface area contributed by atoms with E-state index < -0.39 is 29.4 Å². The van der Waals surface area contributed by atoms with E-state index in [-0.39, 0.29) is 42.4 Å². The lowest BCUT2D eigenvalue weighted by Gasteiger charge is -2.61. The molecule has 0 aliphatic heterocycles. The van der Waals surface area contributed by atoms with Gasteiger partial charge in [0, 0.05) is 23.7 Å². The fraction of sp³-hybridized carbons (Fsp3) is 0.500. The Morgan fingerprint density at radius 2 is 2.03 bits per heavy atom. The molecule has 3 amide bonds. The average molecular weight is 555 g/mol. The van der Waals surface area contributed by atoms with Crippen molar-refractivity contribution in [3.05, 3.63) is 51.4 Å². The number of allylic oxidation sites excluding steroid dienone is 1. The van der Waals surface area contributed by atoms with Crippen LogP contribution >= 0.6 is 11.5 Å². The van der Waals surface area contributed by atoms with Crippen LogP contribution in [-0.4, -0.2) is 56.5 Å². The van der Waals surface area contributed by atoms with Crippen LogP contribution in [0.2, 0.25) is 0 Å². The first-order valence-electron chi connectivity index (χ1n) is 13.0. The third kappa shape index (κ3) is 6.08. The number of aromatic nitrogens is 3. The maximum atomic E-state index is 13.3. The van der Waals surface area contributed by atoms with Gasteiger partial charge in [-0.2, -0.15) is 0 Å². The van der Waals surface area contributed by atoms with Crippen molar-refractivity contribution in [3.63, 3.8) is 0 Å². The topological polar surface area (TPSA) is 161 Å². The Labute approximate surface area is 228 Å². The van der Waals surface area contributed by atoms with Crippen molar-refractivity contribution < 1.29 is 23.9 Å². The summed E-state index contributed by atoms with van der Waals surface area (Å²) in [6.07, 6.45) is 9.57. The number of esters is 1. The molecule has 0 aromatic carbocycles. The minimum atomic E-state index is -1.02. The highest BCUT2D eigenvalue weighted by Gasteiger charge is 2.57. The number of hydrogen-bond acceptors (Lipinski definition) is 9. The first kappa shape index (κ1) is 26.7. The van der Waals surface area contributed by atoms with E-state index in [1.807, 2.05) is 0 Å². The van der Waals surface area contributed by atoms with Crippen LogP contribution in [0.5, 0.6) is 0 Å². The molecule has 206 valence electrons. The van der Waals surface area contributed by atoms with Crippen molar-refractivity contribution in [1.82, 2.24) is 24.8 Å². The van der Waals surface area contributed by atoms with E-state index in [9.17, 15) is 24.0 Å². The van der Waals surface area contributed by atoms with Gasteiger partial charge in [0.05, 0.1) is 12.8 Å². The molecule has 4 aliphatic carbocycles. The lowest BCUT2D eigenvalue weighted by atomic mass is 9.50. The number of nitrogens with zero attached hydrogens (tertiary/aromatic N) is 3. The van der Waals surface area contributed by atoms with Crippen LogP contribution in [0.3, 0.4) is 0 Å². The normalized spacial score (nSPS) is 21.8. The molecule has 39 heavy (non-hydrogen) atoms. The Morgan fingerprint density at radius 3 is 2.69 bits per heavy atom. The van der Waals surface area contributed by atoms with E-state index in [0.717, 1.165) is 43.6 Å². The molecule has 2 bridgehead atoms. The Balaban J connectivity index is 1.26. The van der Waals surface area contributed by atoms with E-state index in [4.69, 9.17) is 0 Å². The summed E-state index contributed by atoms with van der Waals surface area (Å²) in [6, 6.07) is 2.00.